The van der Waals surface area contributed by atoms with Crippen molar-refractivity contribution in [3.05, 3.63) is 0 Å². The van der Waals surface area contributed by atoms with Crippen molar-refractivity contribution in [1.82, 2.24) is 0 Å². The van der Waals surface area contributed by atoms with Crippen molar-refractivity contribution in [2.24, 2.45) is 0 Å². The summed E-state index contributed by atoms with van der Waals surface area (Å²) in [5.74, 6) is -0.151. The van der Waals surface area contributed by atoms with Gasteiger partial charge in [-0.3, -0.25) is 0 Å². The molecule has 0 radical (unpaired) electrons. The van der Waals surface area contributed by atoms with E-state index >= 15 is 0 Å². The van der Waals surface area contributed by atoms with E-state index in [0.717, 1.165) is 0 Å². The van der Waals surface area contributed by atoms with Crippen molar-refractivity contribution < 1.29 is 9.32 Å². The summed E-state index contributed by atoms with van der Waals surface area (Å²) in [5.41, 5.74) is 0. The maximum absolute atomic E-state index is 12.3. The molecule has 3 heteroatoms. The third-order valence-corrected chi connectivity index (χ3v) is 16.3. The van der Waals surface area contributed by atoms with Crippen LogP contribution in [0, 0.1) is 0 Å². The molecule has 21 heavy (non-hydrogen) atoms. The van der Waals surface area contributed by atoms with E-state index in [1.54, 1.807) is 6.92 Å². The van der Waals surface area contributed by atoms with Crippen LogP contribution in [0.1, 0.15) is 90.0 Å². The van der Waals surface area contributed by atoms with Crippen LogP contribution < -0.4 is 0 Å². The Morgan fingerprint density at radius 2 is 0.810 bits per heavy atom. The Labute approximate surface area is 133 Å². The summed E-state index contributed by atoms with van der Waals surface area (Å²) in [5, 5.41) is -0.476. The molecule has 0 aromatic rings. The SMILES string of the molecule is CC(=O)OP(C(C)(C)C)(C(C)(C)C)(C(C)(C)C)C(C)(C)C. The van der Waals surface area contributed by atoms with Crippen molar-refractivity contribution >= 4 is 12.8 Å². The number of hydrogen-bond acceptors (Lipinski definition) is 2. The summed E-state index contributed by atoms with van der Waals surface area (Å²) < 4.78 is 6.58. The van der Waals surface area contributed by atoms with Gasteiger partial charge in [-0.1, -0.05) is 0 Å². The van der Waals surface area contributed by atoms with Crippen molar-refractivity contribution in [3.8, 4) is 0 Å². The van der Waals surface area contributed by atoms with Crippen LogP contribution in [0.15, 0.2) is 0 Å². The quantitative estimate of drug-likeness (QED) is 0.537. The Morgan fingerprint density at radius 1 is 0.619 bits per heavy atom. The molecule has 2 nitrogen and oxygen atoms in total. The van der Waals surface area contributed by atoms with Gasteiger partial charge in [-0.15, -0.1) is 0 Å². The molecule has 128 valence electrons. The summed E-state index contributed by atoms with van der Waals surface area (Å²) in [6, 6.07) is 0. The summed E-state index contributed by atoms with van der Waals surface area (Å²) >= 11 is 0. The van der Waals surface area contributed by atoms with Crippen molar-refractivity contribution in [2.45, 2.75) is 111 Å². The standard InChI is InChI=1S/C18H39O2P/c1-14(19)20-21(15(2,3)4,16(5,6)7,17(8,9)10)18(11,12)13/h1-13H3. The van der Waals surface area contributed by atoms with Gasteiger partial charge in [-0.05, 0) is 0 Å². The van der Waals surface area contributed by atoms with E-state index in [-0.39, 0.29) is 26.6 Å². The first kappa shape index (κ1) is 20.9. The van der Waals surface area contributed by atoms with E-state index in [1.165, 1.54) is 0 Å². The van der Waals surface area contributed by atoms with Crippen LogP contribution in [-0.2, 0) is 9.32 Å². The van der Waals surface area contributed by atoms with Crippen molar-refractivity contribution in [2.75, 3.05) is 0 Å². The third-order valence-electron chi connectivity index (χ3n) is 5.43. The van der Waals surface area contributed by atoms with Gasteiger partial charge in [0.25, 0.3) is 0 Å². The van der Waals surface area contributed by atoms with E-state index < -0.39 is 6.83 Å². The molecule has 0 fully saturated rings. The fourth-order valence-electron chi connectivity index (χ4n) is 6.84. The van der Waals surface area contributed by atoms with Gasteiger partial charge in [-0.2, -0.15) is 0 Å². The van der Waals surface area contributed by atoms with Gasteiger partial charge in [0.2, 0.25) is 0 Å². The van der Waals surface area contributed by atoms with Crippen LogP contribution in [0.4, 0.5) is 0 Å². The molecular formula is C18H39O2P. The van der Waals surface area contributed by atoms with Gasteiger partial charge in [0.05, 0.1) is 0 Å². The first-order chi connectivity index (χ1) is 8.77. The normalized spacial score (nSPS) is 17.1. The van der Waals surface area contributed by atoms with Gasteiger partial charge < -0.3 is 0 Å². The Hall–Kier alpha value is -0.100. The molecule has 0 aliphatic rings. The minimum atomic E-state index is -3.08. The molecule has 0 spiro atoms. The average Bonchev–Trinajstić information content (AvgIpc) is 2.04. The molecule has 0 amide bonds. The molecule has 0 bridgehead atoms. The van der Waals surface area contributed by atoms with E-state index in [9.17, 15) is 4.79 Å². The molecule has 0 aromatic carbocycles. The van der Waals surface area contributed by atoms with E-state index in [2.05, 4.69) is 83.1 Å². The predicted molar refractivity (Wildman–Crippen MR) is 97.7 cm³/mol. The molecular weight excluding hydrogens is 279 g/mol. The first-order valence-corrected chi connectivity index (χ1v) is 10.1. The van der Waals surface area contributed by atoms with Gasteiger partial charge >= 0.3 is 133 Å². The Balaban J connectivity index is 7.39. The van der Waals surface area contributed by atoms with E-state index in [1.807, 2.05) is 0 Å². The minimum absolute atomic E-state index is 0.119. The predicted octanol–water partition coefficient (Wildman–Crippen LogP) is 6.21. The Bertz CT molecular complexity index is 341. The van der Waals surface area contributed by atoms with Crippen LogP contribution in [0.25, 0.3) is 0 Å². The van der Waals surface area contributed by atoms with Crippen LogP contribution in [0.2, 0.25) is 0 Å². The monoisotopic (exact) mass is 318 g/mol. The number of rotatable bonds is 1. The van der Waals surface area contributed by atoms with E-state index in [4.69, 9.17) is 4.52 Å². The number of carbonyl (C=O) groups excluding carboxylic acids is 1. The zero-order valence-corrected chi connectivity index (χ0v) is 17.7. The van der Waals surface area contributed by atoms with Crippen LogP contribution in [-0.4, -0.2) is 26.6 Å². The van der Waals surface area contributed by atoms with Gasteiger partial charge in [0.1, 0.15) is 0 Å². The average molecular weight is 318 g/mol. The van der Waals surface area contributed by atoms with Gasteiger partial charge in [0, 0.05) is 0 Å². The molecule has 0 saturated heterocycles. The molecule has 0 unspecified atom stereocenters. The van der Waals surface area contributed by atoms with Crippen LogP contribution in [0.5, 0.6) is 0 Å². The first-order valence-electron chi connectivity index (χ1n) is 7.99. The van der Waals surface area contributed by atoms with Crippen molar-refractivity contribution in [3.63, 3.8) is 0 Å². The topological polar surface area (TPSA) is 26.3 Å². The zero-order chi connectivity index (χ0) is 17.7. The van der Waals surface area contributed by atoms with Gasteiger partial charge in [-0.25, -0.2) is 0 Å². The fraction of sp³-hybridized carbons (Fsp3) is 0.944. The maximum atomic E-state index is 12.3. The second-order valence-corrected chi connectivity index (χ2v) is 17.9. The van der Waals surface area contributed by atoms with Crippen LogP contribution >= 0.6 is 6.83 Å². The summed E-state index contributed by atoms with van der Waals surface area (Å²) in [6.07, 6.45) is 0. The Morgan fingerprint density at radius 3 is 0.857 bits per heavy atom. The summed E-state index contributed by atoms with van der Waals surface area (Å²) in [4.78, 5) is 12.3. The third kappa shape index (κ3) is 2.19. The van der Waals surface area contributed by atoms with Crippen molar-refractivity contribution in [1.29, 1.82) is 0 Å². The summed E-state index contributed by atoms with van der Waals surface area (Å²) in [7, 11) is 0. The second kappa shape index (κ2) is 4.95. The van der Waals surface area contributed by atoms with Gasteiger partial charge in [0.15, 0.2) is 0 Å². The molecule has 0 aromatic heterocycles. The molecule has 0 N–H and O–H groups in total. The molecule has 0 rings (SSSR count). The zero-order valence-electron chi connectivity index (χ0n) is 16.8. The Kier molecular flexibility index (Phi) is 4.93. The molecule has 0 aliphatic heterocycles. The fourth-order valence-corrected chi connectivity index (χ4v) is 20.5. The second-order valence-electron chi connectivity index (χ2n) is 10.3. The molecule has 0 saturated carbocycles. The molecule has 0 atom stereocenters. The molecule has 0 heterocycles. The number of carbonyl (C=O) groups is 1. The van der Waals surface area contributed by atoms with E-state index in [0.29, 0.717) is 0 Å². The summed E-state index contributed by atoms with van der Waals surface area (Å²) in [6.45, 7) is 25.6. The molecule has 0 aliphatic carbocycles. The number of hydrogen-bond donors (Lipinski definition) is 0. The van der Waals surface area contributed by atoms with Crippen LogP contribution in [0.3, 0.4) is 0 Å².